The van der Waals surface area contributed by atoms with Gasteiger partial charge in [-0.3, -0.25) is 0 Å². The quantitative estimate of drug-likeness (QED) is 0.644. The lowest BCUT2D eigenvalue weighted by Gasteiger charge is -2.26. The van der Waals surface area contributed by atoms with Crippen molar-refractivity contribution >= 4 is 17.4 Å². The molecular weight excluding hydrogens is 324 g/mol. The third-order valence-corrected chi connectivity index (χ3v) is 4.75. The van der Waals surface area contributed by atoms with Crippen LogP contribution in [0.4, 0.5) is 4.79 Å². The number of carbonyl (C=O) groups is 1. The van der Waals surface area contributed by atoms with Crippen LogP contribution in [-0.4, -0.2) is 17.7 Å². The van der Waals surface area contributed by atoms with E-state index in [0.29, 0.717) is 12.1 Å². The van der Waals surface area contributed by atoms with Crippen LogP contribution in [0, 0.1) is 0 Å². The molecule has 0 aliphatic carbocycles. The fraction of sp³-hybridized carbons (Fsp3) is 0.167. The van der Waals surface area contributed by atoms with E-state index in [-0.39, 0.29) is 12.6 Å². The van der Waals surface area contributed by atoms with E-state index < -0.39 is 5.60 Å². The average Bonchev–Trinajstić information content (AvgIpc) is 3.32. The van der Waals surface area contributed by atoms with E-state index in [4.69, 9.17) is 4.42 Å². The van der Waals surface area contributed by atoms with Gasteiger partial charge < -0.3 is 20.2 Å². The van der Waals surface area contributed by atoms with Gasteiger partial charge in [0.1, 0.15) is 5.60 Å². The number of hydrogen-bond donors (Lipinski definition) is 3. The van der Waals surface area contributed by atoms with E-state index in [1.807, 2.05) is 47.8 Å². The first-order valence-corrected chi connectivity index (χ1v) is 8.41. The number of aliphatic hydroxyl groups is 1. The molecule has 0 aliphatic heterocycles. The second kappa shape index (κ2) is 7.33. The summed E-state index contributed by atoms with van der Waals surface area (Å²) in [6.07, 6.45) is 2.99. The van der Waals surface area contributed by atoms with Crippen molar-refractivity contribution in [3.63, 3.8) is 0 Å². The third-order valence-electron chi connectivity index (χ3n) is 3.73. The van der Waals surface area contributed by atoms with Crippen molar-refractivity contribution in [2.75, 3.05) is 6.54 Å². The summed E-state index contributed by atoms with van der Waals surface area (Å²) in [6.45, 7) is 0.476. The number of nitrogens with one attached hydrogen (secondary N) is 2. The summed E-state index contributed by atoms with van der Waals surface area (Å²) in [5, 5.41) is 18.5. The van der Waals surface area contributed by atoms with Gasteiger partial charge in [0.15, 0.2) is 0 Å². The molecule has 3 aromatic rings. The fourth-order valence-electron chi connectivity index (χ4n) is 2.39. The normalized spacial score (nSPS) is 13.2. The standard InChI is InChI=1S/C18H18N2O3S/c21-17(19-11-14-5-2-1-3-6-14)20-13-18(22,15-8-9-23-12-15)16-7-4-10-24-16/h1-10,12,22H,11,13H2,(H2,19,20,21)/t18-/m0/s1. The van der Waals surface area contributed by atoms with Crippen molar-refractivity contribution < 1.29 is 14.3 Å². The van der Waals surface area contributed by atoms with Gasteiger partial charge in [-0.05, 0) is 23.1 Å². The molecule has 124 valence electrons. The molecule has 0 aliphatic rings. The van der Waals surface area contributed by atoms with Crippen molar-refractivity contribution in [3.05, 3.63) is 82.4 Å². The number of thiophene rings is 1. The first-order chi connectivity index (χ1) is 11.7. The van der Waals surface area contributed by atoms with E-state index in [9.17, 15) is 9.90 Å². The summed E-state index contributed by atoms with van der Waals surface area (Å²) in [5.41, 5.74) is 0.301. The van der Waals surface area contributed by atoms with Crippen LogP contribution in [-0.2, 0) is 12.1 Å². The Balaban J connectivity index is 1.63. The zero-order chi connectivity index (χ0) is 16.8. The lowest BCUT2D eigenvalue weighted by Crippen LogP contribution is -2.44. The van der Waals surface area contributed by atoms with Crippen LogP contribution in [0.3, 0.4) is 0 Å². The van der Waals surface area contributed by atoms with Crippen LogP contribution < -0.4 is 10.6 Å². The molecule has 5 nitrogen and oxygen atoms in total. The number of amides is 2. The molecule has 6 heteroatoms. The Bertz CT molecular complexity index is 721. The molecule has 2 aromatic heterocycles. The Hall–Kier alpha value is -2.57. The fourth-order valence-corrected chi connectivity index (χ4v) is 3.24. The van der Waals surface area contributed by atoms with E-state index in [1.165, 1.54) is 23.9 Å². The van der Waals surface area contributed by atoms with Crippen molar-refractivity contribution in [1.82, 2.24) is 10.6 Å². The number of benzene rings is 1. The van der Waals surface area contributed by atoms with E-state index in [2.05, 4.69) is 10.6 Å². The van der Waals surface area contributed by atoms with E-state index in [1.54, 1.807) is 6.07 Å². The SMILES string of the molecule is O=C(NCc1ccccc1)NC[C@](O)(c1ccoc1)c1cccs1. The number of hydrogen-bond acceptors (Lipinski definition) is 4. The summed E-state index contributed by atoms with van der Waals surface area (Å²) in [4.78, 5) is 12.8. The van der Waals surface area contributed by atoms with Crippen LogP contribution in [0.25, 0.3) is 0 Å². The van der Waals surface area contributed by atoms with E-state index in [0.717, 1.165) is 10.4 Å². The average molecular weight is 342 g/mol. The molecule has 1 aromatic carbocycles. The van der Waals surface area contributed by atoms with Gasteiger partial charge in [-0.15, -0.1) is 11.3 Å². The minimum Gasteiger partial charge on any atom is -0.472 e. The summed E-state index contributed by atoms with van der Waals surface area (Å²) in [7, 11) is 0. The summed E-state index contributed by atoms with van der Waals surface area (Å²) in [6, 6.07) is 14.7. The van der Waals surface area contributed by atoms with Gasteiger partial charge in [-0.1, -0.05) is 36.4 Å². The Morgan fingerprint density at radius 1 is 1.12 bits per heavy atom. The van der Waals surface area contributed by atoms with Gasteiger partial charge >= 0.3 is 6.03 Å². The highest BCUT2D eigenvalue weighted by Crippen LogP contribution is 2.32. The summed E-state index contributed by atoms with van der Waals surface area (Å²) in [5.74, 6) is 0. The van der Waals surface area contributed by atoms with Crippen LogP contribution in [0.15, 0.2) is 70.9 Å². The molecule has 3 N–H and O–H groups in total. The number of urea groups is 1. The zero-order valence-electron chi connectivity index (χ0n) is 12.9. The lowest BCUT2D eigenvalue weighted by molar-refractivity contribution is 0.0852. The Morgan fingerprint density at radius 2 is 1.96 bits per heavy atom. The van der Waals surface area contributed by atoms with Crippen LogP contribution in [0.5, 0.6) is 0 Å². The summed E-state index contributed by atoms with van der Waals surface area (Å²) >= 11 is 1.43. The monoisotopic (exact) mass is 342 g/mol. The molecule has 0 spiro atoms. The third kappa shape index (κ3) is 3.67. The van der Waals surface area contributed by atoms with Crippen molar-refractivity contribution in [2.45, 2.75) is 12.1 Å². The Kier molecular flexibility index (Phi) is 4.98. The molecule has 2 heterocycles. The number of carbonyl (C=O) groups excluding carboxylic acids is 1. The molecular formula is C18H18N2O3S. The molecule has 24 heavy (non-hydrogen) atoms. The van der Waals surface area contributed by atoms with Crippen LogP contribution in [0.2, 0.25) is 0 Å². The van der Waals surface area contributed by atoms with Gasteiger partial charge in [0.25, 0.3) is 0 Å². The summed E-state index contributed by atoms with van der Waals surface area (Å²) < 4.78 is 5.09. The number of rotatable bonds is 6. The molecule has 0 unspecified atom stereocenters. The Labute approximate surface area is 143 Å². The maximum atomic E-state index is 12.0. The molecule has 2 amide bonds. The molecule has 3 rings (SSSR count). The predicted molar refractivity (Wildman–Crippen MR) is 92.7 cm³/mol. The van der Waals surface area contributed by atoms with Gasteiger partial charge in [0, 0.05) is 17.0 Å². The topological polar surface area (TPSA) is 74.5 Å². The molecule has 0 radical (unpaired) electrons. The first-order valence-electron chi connectivity index (χ1n) is 7.53. The first kappa shape index (κ1) is 16.3. The minimum atomic E-state index is -1.31. The molecule has 1 atom stereocenters. The maximum absolute atomic E-state index is 12.0. The van der Waals surface area contributed by atoms with Gasteiger partial charge in [0.05, 0.1) is 19.1 Å². The minimum absolute atomic E-state index is 0.0493. The lowest BCUT2D eigenvalue weighted by atomic mass is 9.94. The highest BCUT2D eigenvalue weighted by molar-refractivity contribution is 7.10. The van der Waals surface area contributed by atoms with Crippen molar-refractivity contribution in [2.24, 2.45) is 0 Å². The maximum Gasteiger partial charge on any atom is 0.315 e. The second-order valence-electron chi connectivity index (χ2n) is 5.37. The second-order valence-corrected chi connectivity index (χ2v) is 6.32. The van der Waals surface area contributed by atoms with Crippen molar-refractivity contribution in [3.8, 4) is 0 Å². The van der Waals surface area contributed by atoms with Crippen molar-refractivity contribution in [1.29, 1.82) is 0 Å². The van der Waals surface area contributed by atoms with E-state index >= 15 is 0 Å². The highest BCUT2D eigenvalue weighted by Gasteiger charge is 2.34. The molecule has 0 saturated carbocycles. The van der Waals surface area contributed by atoms with Gasteiger partial charge in [-0.25, -0.2) is 4.79 Å². The number of furan rings is 1. The largest absolute Gasteiger partial charge is 0.472 e. The van der Waals surface area contributed by atoms with Crippen LogP contribution in [0.1, 0.15) is 16.0 Å². The van der Waals surface area contributed by atoms with Gasteiger partial charge in [-0.2, -0.15) is 0 Å². The Morgan fingerprint density at radius 3 is 2.62 bits per heavy atom. The molecule has 0 fully saturated rings. The molecule has 0 saturated heterocycles. The molecule has 0 bridgehead atoms. The predicted octanol–water partition coefficient (Wildman–Crippen LogP) is 3.08. The smallest absolute Gasteiger partial charge is 0.315 e. The van der Waals surface area contributed by atoms with Gasteiger partial charge in [0.2, 0.25) is 0 Å². The zero-order valence-corrected chi connectivity index (χ0v) is 13.8. The highest BCUT2D eigenvalue weighted by atomic mass is 32.1. The van der Waals surface area contributed by atoms with Crippen LogP contribution >= 0.6 is 11.3 Å².